The van der Waals surface area contributed by atoms with Crippen LogP contribution < -0.4 is 0 Å². The number of piperidine rings is 1. The van der Waals surface area contributed by atoms with Crippen molar-refractivity contribution in [3.8, 4) is 0 Å². The molecule has 1 saturated heterocycles. The minimum Gasteiger partial charge on any atom is -0.466 e. The summed E-state index contributed by atoms with van der Waals surface area (Å²) < 4.78 is 10.6. The number of rotatable bonds is 6. The van der Waals surface area contributed by atoms with Crippen molar-refractivity contribution in [2.45, 2.75) is 52.1 Å². The molecule has 0 aromatic carbocycles. The summed E-state index contributed by atoms with van der Waals surface area (Å²) in [5, 5.41) is 0. The summed E-state index contributed by atoms with van der Waals surface area (Å²) in [6.07, 6.45) is 4.66. The zero-order valence-corrected chi connectivity index (χ0v) is 13.2. The molecule has 0 spiro atoms. The Labute approximate surface area is 127 Å². The maximum Gasteiger partial charge on any atom is 0.310 e. The van der Waals surface area contributed by atoms with Crippen LogP contribution in [0.25, 0.3) is 0 Å². The molecular weight excluding hydrogens is 270 g/mol. The van der Waals surface area contributed by atoms with Crippen molar-refractivity contribution in [1.82, 2.24) is 4.90 Å². The van der Waals surface area contributed by atoms with Crippen LogP contribution in [0.5, 0.6) is 0 Å². The van der Waals surface area contributed by atoms with Crippen molar-refractivity contribution < 1.29 is 19.1 Å². The van der Waals surface area contributed by atoms with Crippen molar-refractivity contribution in [2.75, 3.05) is 26.3 Å². The zero-order valence-electron chi connectivity index (χ0n) is 13.2. The molecule has 120 valence electrons. The van der Waals surface area contributed by atoms with Gasteiger partial charge in [0.15, 0.2) is 0 Å². The third-order valence-electron chi connectivity index (χ3n) is 4.45. The first-order valence-electron chi connectivity index (χ1n) is 8.20. The van der Waals surface area contributed by atoms with Gasteiger partial charge in [-0.3, -0.25) is 9.59 Å². The lowest BCUT2D eigenvalue weighted by atomic mass is 9.79. The van der Waals surface area contributed by atoms with Gasteiger partial charge in [0, 0.05) is 26.1 Å². The monoisotopic (exact) mass is 297 g/mol. The standard InChI is InChI=1S/C16H27NO4/c1-3-20-14-8-12(9-14)10-15(18)17-7-5-6-13(11-17)16(19)21-4-2/h12-14H,3-11H2,1-2H3/t12?,13-,14?/m1/s1. The predicted octanol–water partition coefficient (Wildman–Crippen LogP) is 1.99. The van der Waals surface area contributed by atoms with Gasteiger partial charge in [0.1, 0.15) is 0 Å². The molecule has 0 radical (unpaired) electrons. The molecule has 0 aromatic heterocycles. The number of carbonyl (C=O) groups excluding carboxylic acids is 2. The average Bonchev–Trinajstić information content (AvgIpc) is 2.45. The lowest BCUT2D eigenvalue weighted by Crippen LogP contribution is -2.44. The Morgan fingerprint density at radius 1 is 1.19 bits per heavy atom. The molecule has 0 N–H and O–H groups in total. The van der Waals surface area contributed by atoms with Gasteiger partial charge in [-0.2, -0.15) is 0 Å². The Bertz CT molecular complexity index is 365. The van der Waals surface area contributed by atoms with Crippen LogP contribution in [0.3, 0.4) is 0 Å². The van der Waals surface area contributed by atoms with E-state index in [9.17, 15) is 9.59 Å². The molecule has 5 nitrogen and oxygen atoms in total. The van der Waals surface area contributed by atoms with Crippen LogP contribution in [0.1, 0.15) is 46.0 Å². The number of hydrogen-bond acceptors (Lipinski definition) is 4. The van der Waals surface area contributed by atoms with Crippen LogP contribution >= 0.6 is 0 Å². The molecule has 2 fully saturated rings. The highest BCUT2D eigenvalue weighted by atomic mass is 16.5. The lowest BCUT2D eigenvalue weighted by molar-refractivity contribution is -0.151. The summed E-state index contributed by atoms with van der Waals surface area (Å²) in [7, 11) is 0. The molecule has 5 heteroatoms. The second-order valence-electron chi connectivity index (χ2n) is 6.05. The molecule has 1 heterocycles. The van der Waals surface area contributed by atoms with Gasteiger partial charge in [-0.25, -0.2) is 0 Å². The summed E-state index contributed by atoms with van der Waals surface area (Å²) in [6, 6.07) is 0. The second-order valence-corrected chi connectivity index (χ2v) is 6.05. The minimum absolute atomic E-state index is 0.139. The van der Waals surface area contributed by atoms with E-state index in [-0.39, 0.29) is 17.8 Å². The van der Waals surface area contributed by atoms with Crippen LogP contribution in [0.15, 0.2) is 0 Å². The third kappa shape index (κ3) is 4.43. The van der Waals surface area contributed by atoms with Gasteiger partial charge >= 0.3 is 5.97 Å². The molecule has 0 bridgehead atoms. The normalized spacial score (nSPS) is 28.9. The SMILES string of the molecule is CCOC(=O)[C@@H]1CCCN(C(=O)CC2CC(OCC)C2)C1. The summed E-state index contributed by atoms with van der Waals surface area (Å²) in [6.45, 7) is 6.27. The number of carbonyl (C=O) groups is 2. The van der Waals surface area contributed by atoms with Crippen molar-refractivity contribution in [3.63, 3.8) is 0 Å². The van der Waals surface area contributed by atoms with Gasteiger partial charge in [-0.15, -0.1) is 0 Å². The fourth-order valence-electron chi connectivity index (χ4n) is 3.25. The van der Waals surface area contributed by atoms with Crippen molar-refractivity contribution in [3.05, 3.63) is 0 Å². The fourth-order valence-corrected chi connectivity index (χ4v) is 3.25. The van der Waals surface area contributed by atoms with E-state index in [1.54, 1.807) is 0 Å². The number of esters is 1. The number of nitrogens with zero attached hydrogens (tertiary/aromatic N) is 1. The minimum atomic E-state index is -0.157. The molecule has 1 atom stereocenters. The molecule has 21 heavy (non-hydrogen) atoms. The van der Waals surface area contributed by atoms with Gasteiger partial charge in [-0.1, -0.05) is 0 Å². The first-order valence-corrected chi connectivity index (χ1v) is 8.20. The van der Waals surface area contributed by atoms with E-state index in [4.69, 9.17) is 9.47 Å². The number of ether oxygens (including phenoxy) is 2. The predicted molar refractivity (Wildman–Crippen MR) is 78.7 cm³/mol. The van der Waals surface area contributed by atoms with E-state index in [1.165, 1.54) is 0 Å². The van der Waals surface area contributed by atoms with Gasteiger partial charge in [-0.05, 0) is 45.4 Å². The summed E-state index contributed by atoms with van der Waals surface area (Å²) in [5.74, 6) is 0.344. The number of hydrogen-bond donors (Lipinski definition) is 0. The Morgan fingerprint density at radius 3 is 2.62 bits per heavy atom. The molecule has 2 rings (SSSR count). The van der Waals surface area contributed by atoms with E-state index >= 15 is 0 Å². The first kappa shape index (κ1) is 16.3. The molecule has 1 saturated carbocycles. The summed E-state index contributed by atoms with van der Waals surface area (Å²) in [5.41, 5.74) is 0. The van der Waals surface area contributed by atoms with Crippen LogP contribution in [0.4, 0.5) is 0 Å². The molecule has 1 aliphatic heterocycles. The Balaban J connectivity index is 1.74. The smallest absolute Gasteiger partial charge is 0.310 e. The quantitative estimate of drug-likeness (QED) is 0.704. The molecule has 2 aliphatic rings. The van der Waals surface area contributed by atoms with Gasteiger partial charge < -0.3 is 14.4 Å². The highest BCUT2D eigenvalue weighted by Crippen LogP contribution is 2.33. The molecular formula is C16H27NO4. The second kappa shape index (κ2) is 7.78. The van der Waals surface area contributed by atoms with Gasteiger partial charge in [0.25, 0.3) is 0 Å². The van der Waals surface area contributed by atoms with Crippen molar-refractivity contribution in [2.24, 2.45) is 11.8 Å². The Hall–Kier alpha value is -1.10. The number of amides is 1. The molecule has 1 amide bonds. The Morgan fingerprint density at radius 2 is 1.95 bits per heavy atom. The van der Waals surface area contributed by atoms with E-state index in [2.05, 4.69) is 0 Å². The highest BCUT2D eigenvalue weighted by molar-refractivity contribution is 5.78. The molecule has 1 aliphatic carbocycles. The fraction of sp³-hybridized carbons (Fsp3) is 0.875. The average molecular weight is 297 g/mol. The zero-order chi connectivity index (χ0) is 15.2. The van der Waals surface area contributed by atoms with E-state index < -0.39 is 0 Å². The Kier molecular flexibility index (Phi) is 6.03. The van der Waals surface area contributed by atoms with Crippen LogP contribution in [0, 0.1) is 11.8 Å². The van der Waals surface area contributed by atoms with Crippen LogP contribution in [-0.4, -0.2) is 49.2 Å². The van der Waals surface area contributed by atoms with E-state index in [0.717, 1.165) is 38.8 Å². The first-order chi connectivity index (χ1) is 10.1. The summed E-state index contributed by atoms with van der Waals surface area (Å²) >= 11 is 0. The maximum atomic E-state index is 12.3. The van der Waals surface area contributed by atoms with Gasteiger partial charge in [0.2, 0.25) is 5.91 Å². The van der Waals surface area contributed by atoms with Crippen LogP contribution in [0.2, 0.25) is 0 Å². The number of likely N-dealkylation sites (tertiary alicyclic amines) is 1. The third-order valence-corrected chi connectivity index (χ3v) is 4.45. The topological polar surface area (TPSA) is 55.8 Å². The van der Waals surface area contributed by atoms with Gasteiger partial charge in [0.05, 0.1) is 18.6 Å². The molecule has 0 aromatic rings. The van der Waals surface area contributed by atoms with Crippen LogP contribution in [-0.2, 0) is 19.1 Å². The van der Waals surface area contributed by atoms with Crippen molar-refractivity contribution >= 4 is 11.9 Å². The highest BCUT2D eigenvalue weighted by Gasteiger charge is 2.34. The van der Waals surface area contributed by atoms with E-state index in [0.29, 0.717) is 31.6 Å². The van der Waals surface area contributed by atoms with Crippen molar-refractivity contribution in [1.29, 1.82) is 0 Å². The lowest BCUT2D eigenvalue weighted by Gasteiger charge is -2.37. The van der Waals surface area contributed by atoms with E-state index in [1.807, 2.05) is 18.7 Å². The largest absolute Gasteiger partial charge is 0.466 e. The maximum absolute atomic E-state index is 12.3. The summed E-state index contributed by atoms with van der Waals surface area (Å²) in [4.78, 5) is 26.0. The molecule has 0 unspecified atom stereocenters.